The Hall–Kier alpha value is 0.757. The fourth-order valence-electron chi connectivity index (χ4n) is 1.87. The van der Waals surface area contributed by atoms with E-state index in [4.69, 9.17) is 26.9 Å². The molecule has 0 spiro atoms. The van der Waals surface area contributed by atoms with Crippen LogP contribution in [0.3, 0.4) is 0 Å². The first kappa shape index (κ1) is 17.8. The average molecular weight is 299 g/mol. The van der Waals surface area contributed by atoms with Gasteiger partial charge in [-0.3, -0.25) is 0 Å². The summed E-state index contributed by atoms with van der Waals surface area (Å²) in [4.78, 5) is 0. The minimum atomic E-state index is -2.17. The molecule has 1 nitrogen and oxygen atoms in total. The van der Waals surface area contributed by atoms with Crippen LogP contribution >= 0.6 is 22.2 Å². The van der Waals surface area contributed by atoms with Crippen molar-refractivity contribution in [2.24, 2.45) is 0 Å². The van der Waals surface area contributed by atoms with Gasteiger partial charge < -0.3 is 4.74 Å². The number of ether oxygens (including phenoxy) is 1. The Balaban J connectivity index is 3.38. The molecule has 0 aliphatic rings. The predicted molar refractivity (Wildman–Crippen MR) is 81.3 cm³/mol. The molecule has 1 unspecified atom stereocenters. The quantitative estimate of drug-likeness (QED) is 0.273. The minimum Gasteiger partial charge on any atom is -0.382 e. The first-order chi connectivity index (χ1) is 8.04. The van der Waals surface area contributed by atoms with E-state index in [9.17, 15) is 0 Å². The molecule has 0 aromatic carbocycles. The highest BCUT2D eigenvalue weighted by Gasteiger charge is 2.35. The Morgan fingerprint density at radius 1 is 0.941 bits per heavy atom. The molecule has 4 heteroatoms. The summed E-state index contributed by atoms with van der Waals surface area (Å²) in [5.41, 5.74) is 0.0374. The molecule has 0 radical (unpaired) electrons. The van der Waals surface area contributed by atoms with Crippen LogP contribution in [0.2, 0.25) is 6.04 Å². The van der Waals surface area contributed by atoms with E-state index in [1.165, 1.54) is 44.9 Å². The monoisotopic (exact) mass is 298 g/mol. The van der Waals surface area contributed by atoms with E-state index in [2.05, 4.69) is 6.92 Å². The Kier molecular flexibility index (Phi) is 11.1. The first-order valence-electron chi connectivity index (χ1n) is 6.95. The highest BCUT2D eigenvalue weighted by Crippen LogP contribution is 2.28. The zero-order valence-corrected chi connectivity index (χ0v) is 14.1. The van der Waals surface area contributed by atoms with Crippen LogP contribution < -0.4 is 0 Å². The number of hydrogen-bond donors (Lipinski definition) is 0. The standard InChI is InChI=1S/C13H28Cl2OSi/c1-4-5-6-7-8-9-10-11-12-17(14,15)13(2)16-3/h13H,4-12H2,1-3H3. The Bertz CT molecular complexity index is 177. The summed E-state index contributed by atoms with van der Waals surface area (Å²) < 4.78 is 5.24. The minimum absolute atomic E-state index is 0.0374. The lowest BCUT2D eigenvalue weighted by atomic mass is 10.1. The van der Waals surface area contributed by atoms with Gasteiger partial charge in [0.15, 0.2) is 0 Å². The van der Waals surface area contributed by atoms with Gasteiger partial charge in [-0.25, -0.2) is 0 Å². The molecule has 17 heavy (non-hydrogen) atoms. The third-order valence-corrected chi connectivity index (χ3v) is 8.74. The van der Waals surface area contributed by atoms with Gasteiger partial charge in [0.2, 0.25) is 0 Å². The molecule has 0 amide bonds. The molecular weight excluding hydrogens is 271 g/mol. The molecule has 0 fully saturated rings. The van der Waals surface area contributed by atoms with Crippen LogP contribution in [-0.4, -0.2) is 19.5 Å². The molecule has 0 aromatic rings. The Morgan fingerprint density at radius 2 is 1.41 bits per heavy atom. The van der Waals surface area contributed by atoms with Crippen LogP contribution in [0.4, 0.5) is 0 Å². The van der Waals surface area contributed by atoms with Crippen molar-refractivity contribution >= 4 is 28.9 Å². The summed E-state index contributed by atoms with van der Waals surface area (Å²) in [6.07, 6.45) is 10.6. The largest absolute Gasteiger partial charge is 0.382 e. The lowest BCUT2D eigenvalue weighted by molar-refractivity contribution is 0.175. The van der Waals surface area contributed by atoms with E-state index in [0.29, 0.717) is 0 Å². The van der Waals surface area contributed by atoms with E-state index in [0.717, 1.165) is 12.5 Å². The maximum Gasteiger partial charge on any atom is 0.278 e. The van der Waals surface area contributed by atoms with E-state index < -0.39 is 6.69 Å². The smallest absolute Gasteiger partial charge is 0.278 e. The van der Waals surface area contributed by atoms with Crippen molar-refractivity contribution in [3.8, 4) is 0 Å². The van der Waals surface area contributed by atoms with Crippen LogP contribution in [0.1, 0.15) is 65.2 Å². The summed E-state index contributed by atoms with van der Waals surface area (Å²) in [5.74, 6) is 0. The van der Waals surface area contributed by atoms with Crippen LogP contribution in [-0.2, 0) is 4.74 Å². The zero-order chi connectivity index (χ0) is 13.1. The third-order valence-electron chi connectivity index (χ3n) is 3.31. The number of hydrogen-bond acceptors (Lipinski definition) is 1. The second-order valence-electron chi connectivity index (χ2n) is 4.86. The zero-order valence-electron chi connectivity index (χ0n) is 11.6. The Morgan fingerprint density at radius 3 is 1.88 bits per heavy atom. The fraction of sp³-hybridized carbons (Fsp3) is 1.00. The van der Waals surface area contributed by atoms with Gasteiger partial charge in [0, 0.05) is 7.11 Å². The van der Waals surface area contributed by atoms with Crippen molar-refractivity contribution in [2.75, 3.05) is 7.11 Å². The molecule has 0 aromatic heterocycles. The summed E-state index contributed by atoms with van der Waals surface area (Å²) in [7, 11) is 1.69. The second-order valence-corrected chi connectivity index (χ2v) is 12.3. The summed E-state index contributed by atoms with van der Waals surface area (Å²) >= 11 is 12.7. The van der Waals surface area contributed by atoms with Gasteiger partial charge in [-0.2, -0.15) is 0 Å². The average Bonchev–Trinajstić information content (AvgIpc) is 2.31. The predicted octanol–water partition coefficient (Wildman–Crippen LogP) is 5.62. The Labute approximate surface area is 118 Å². The molecule has 0 N–H and O–H groups in total. The molecular formula is C13H28Cl2OSi. The molecule has 0 aliphatic carbocycles. The van der Waals surface area contributed by atoms with Gasteiger partial charge in [-0.05, 0) is 13.0 Å². The van der Waals surface area contributed by atoms with Crippen molar-refractivity contribution < 1.29 is 4.74 Å². The van der Waals surface area contributed by atoms with E-state index in [1.54, 1.807) is 7.11 Å². The van der Waals surface area contributed by atoms with Crippen molar-refractivity contribution in [1.29, 1.82) is 0 Å². The molecule has 0 saturated carbocycles. The maximum atomic E-state index is 6.35. The van der Waals surface area contributed by atoms with Gasteiger partial charge in [0.1, 0.15) is 0 Å². The third kappa shape index (κ3) is 9.35. The summed E-state index contributed by atoms with van der Waals surface area (Å²) in [6, 6.07) is 0.958. The van der Waals surface area contributed by atoms with E-state index in [1.807, 2.05) is 6.92 Å². The van der Waals surface area contributed by atoms with Gasteiger partial charge in [0.05, 0.1) is 5.73 Å². The molecule has 0 heterocycles. The molecule has 0 bridgehead atoms. The summed E-state index contributed by atoms with van der Waals surface area (Å²) in [6.45, 7) is 2.07. The molecule has 104 valence electrons. The van der Waals surface area contributed by atoms with Gasteiger partial charge in [0.25, 0.3) is 6.69 Å². The molecule has 0 saturated heterocycles. The van der Waals surface area contributed by atoms with Crippen molar-refractivity contribution in [3.63, 3.8) is 0 Å². The SMILES string of the molecule is CCCCCCCCCC[Si](Cl)(Cl)C(C)OC. The normalized spacial score (nSPS) is 13.9. The van der Waals surface area contributed by atoms with Crippen molar-refractivity contribution in [3.05, 3.63) is 0 Å². The van der Waals surface area contributed by atoms with Gasteiger partial charge >= 0.3 is 0 Å². The number of halogens is 2. The number of rotatable bonds is 11. The second kappa shape index (κ2) is 10.7. The van der Waals surface area contributed by atoms with Crippen LogP contribution in [0, 0.1) is 0 Å². The lowest BCUT2D eigenvalue weighted by Gasteiger charge is -2.22. The molecule has 0 rings (SSSR count). The van der Waals surface area contributed by atoms with Crippen LogP contribution in [0.15, 0.2) is 0 Å². The number of methoxy groups -OCH3 is 1. The first-order valence-corrected chi connectivity index (χ1v) is 11.3. The van der Waals surface area contributed by atoms with Crippen LogP contribution in [0.5, 0.6) is 0 Å². The van der Waals surface area contributed by atoms with Gasteiger partial charge in [-0.15, -0.1) is 22.2 Å². The van der Waals surface area contributed by atoms with Gasteiger partial charge in [-0.1, -0.05) is 58.3 Å². The lowest BCUT2D eigenvalue weighted by Crippen LogP contribution is -2.35. The maximum absolute atomic E-state index is 6.35. The fourth-order valence-corrected chi connectivity index (χ4v) is 4.68. The number of unbranched alkanes of at least 4 members (excludes halogenated alkanes) is 7. The highest BCUT2D eigenvalue weighted by molar-refractivity contribution is 7.45. The summed E-state index contributed by atoms with van der Waals surface area (Å²) in [5, 5.41) is 0. The van der Waals surface area contributed by atoms with E-state index >= 15 is 0 Å². The van der Waals surface area contributed by atoms with Crippen LogP contribution in [0.25, 0.3) is 0 Å². The highest BCUT2D eigenvalue weighted by atomic mass is 35.7. The molecule has 1 atom stereocenters. The topological polar surface area (TPSA) is 9.23 Å². The van der Waals surface area contributed by atoms with Crippen molar-refractivity contribution in [2.45, 2.75) is 77.0 Å². The molecule has 0 aliphatic heterocycles. The van der Waals surface area contributed by atoms with E-state index in [-0.39, 0.29) is 5.73 Å². The van der Waals surface area contributed by atoms with Crippen molar-refractivity contribution in [1.82, 2.24) is 0 Å².